The molecule has 0 bridgehead atoms. The largest absolute Gasteiger partial charge is 0.455 e. The molecule has 1 heterocycles. The molecular weight excluding hydrogens is 450 g/mol. The number of anilines is 1. The van der Waals surface area contributed by atoms with E-state index < -0.39 is 0 Å². The van der Waals surface area contributed by atoms with E-state index in [9.17, 15) is 9.59 Å². The number of benzene rings is 3. The fourth-order valence-corrected chi connectivity index (χ4v) is 4.74. The number of nitrogens with one attached hydrogen (secondary N) is 2. The van der Waals surface area contributed by atoms with Gasteiger partial charge in [-0.2, -0.15) is 5.10 Å². The van der Waals surface area contributed by atoms with E-state index in [0.29, 0.717) is 17.9 Å². The number of aryl methyl sites for hydroxylation is 1. The summed E-state index contributed by atoms with van der Waals surface area (Å²) >= 11 is 0. The van der Waals surface area contributed by atoms with E-state index >= 15 is 0 Å². The lowest BCUT2D eigenvalue weighted by Gasteiger charge is -2.13. The van der Waals surface area contributed by atoms with Crippen molar-refractivity contribution in [3.05, 3.63) is 101 Å². The van der Waals surface area contributed by atoms with Crippen molar-refractivity contribution in [2.24, 2.45) is 5.10 Å². The first-order valence-electron chi connectivity index (χ1n) is 12.3. The van der Waals surface area contributed by atoms with Gasteiger partial charge in [0.05, 0.1) is 5.71 Å². The van der Waals surface area contributed by atoms with Crippen LogP contribution in [-0.4, -0.2) is 17.5 Å². The van der Waals surface area contributed by atoms with E-state index in [1.54, 1.807) is 6.07 Å². The van der Waals surface area contributed by atoms with E-state index in [1.165, 1.54) is 5.56 Å². The molecule has 0 radical (unpaired) electrons. The quantitative estimate of drug-likeness (QED) is 0.317. The van der Waals surface area contributed by atoms with Crippen LogP contribution >= 0.6 is 0 Å². The molecule has 0 atom stereocenters. The van der Waals surface area contributed by atoms with Gasteiger partial charge in [0.1, 0.15) is 5.76 Å². The van der Waals surface area contributed by atoms with Crippen LogP contribution in [0.3, 0.4) is 0 Å². The molecule has 0 fully saturated rings. The normalized spacial score (nSPS) is 14.2. The lowest BCUT2D eigenvalue weighted by molar-refractivity contribution is 0.0955. The van der Waals surface area contributed by atoms with E-state index in [-0.39, 0.29) is 17.6 Å². The standard InChI is InChI=1S/C30H29N3O3/c1-18(2)20-14-16-22(17-15-20)31-30(35)28-19(3)27-25(12-7-13-26(27)36-28)32-33-29(34)24-11-6-9-21-8-4-5-10-23(21)24/h4-6,8-11,14-18H,7,12-13H2,1-3H3,(H,31,35)(H,33,34)/b32-25+. The molecule has 0 unspecified atom stereocenters. The summed E-state index contributed by atoms with van der Waals surface area (Å²) in [6.45, 7) is 6.13. The summed E-state index contributed by atoms with van der Waals surface area (Å²) in [5.41, 5.74) is 7.51. The van der Waals surface area contributed by atoms with Crippen LogP contribution in [0.1, 0.15) is 76.0 Å². The van der Waals surface area contributed by atoms with Gasteiger partial charge in [-0.3, -0.25) is 9.59 Å². The van der Waals surface area contributed by atoms with Gasteiger partial charge in [-0.25, -0.2) is 5.43 Å². The number of hydrazone groups is 1. The molecule has 1 aromatic heterocycles. The number of fused-ring (bicyclic) bond motifs is 2. The number of furan rings is 1. The van der Waals surface area contributed by atoms with Crippen molar-refractivity contribution < 1.29 is 14.0 Å². The molecule has 36 heavy (non-hydrogen) atoms. The Morgan fingerprint density at radius 2 is 1.67 bits per heavy atom. The van der Waals surface area contributed by atoms with Gasteiger partial charge in [-0.15, -0.1) is 0 Å². The zero-order valence-electron chi connectivity index (χ0n) is 20.7. The van der Waals surface area contributed by atoms with Crippen molar-refractivity contribution in [1.82, 2.24) is 5.43 Å². The summed E-state index contributed by atoms with van der Waals surface area (Å²) in [5, 5.41) is 9.29. The Hall–Kier alpha value is -4.19. The predicted octanol–water partition coefficient (Wildman–Crippen LogP) is 6.59. The van der Waals surface area contributed by atoms with Crippen molar-refractivity contribution in [2.45, 2.75) is 46.0 Å². The highest BCUT2D eigenvalue weighted by Gasteiger charge is 2.28. The summed E-state index contributed by atoms with van der Waals surface area (Å²) in [6, 6.07) is 21.3. The predicted molar refractivity (Wildman–Crippen MR) is 143 cm³/mol. The number of rotatable bonds is 5. The molecule has 0 saturated carbocycles. The second-order valence-electron chi connectivity index (χ2n) is 9.46. The van der Waals surface area contributed by atoms with Gasteiger partial charge < -0.3 is 9.73 Å². The highest BCUT2D eigenvalue weighted by Crippen LogP contribution is 2.30. The first-order valence-corrected chi connectivity index (χ1v) is 12.3. The minimum absolute atomic E-state index is 0.268. The minimum Gasteiger partial charge on any atom is -0.455 e. The second kappa shape index (κ2) is 9.82. The number of nitrogens with zero attached hydrogens (tertiary/aromatic N) is 1. The maximum Gasteiger partial charge on any atom is 0.291 e. The van der Waals surface area contributed by atoms with Crippen LogP contribution in [0.5, 0.6) is 0 Å². The van der Waals surface area contributed by atoms with E-state index in [4.69, 9.17) is 4.42 Å². The number of carbonyl (C=O) groups excluding carboxylic acids is 2. The number of amides is 2. The zero-order chi connectivity index (χ0) is 25.2. The van der Waals surface area contributed by atoms with Crippen LogP contribution in [0.25, 0.3) is 10.8 Å². The fraction of sp³-hybridized carbons (Fsp3) is 0.233. The Balaban J connectivity index is 1.37. The Morgan fingerprint density at radius 3 is 2.44 bits per heavy atom. The topological polar surface area (TPSA) is 83.7 Å². The van der Waals surface area contributed by atoms with E-state index in [1.807, 2.05) is 67.6 Å². The van der Waals surface area contributed by atoms with Crippen molar-refractivity contribution in [1.29, 1.82) is 0 Å². The molecule has 2 N–H and O–H groups in total. The Labute approximate surface area is 210 Å². The molecule has 182 valence electrons. The van der Waals surface area contributed by atoms with E-state index in [2.05, 4.69) is 29.7 Å². The average molecular weight is 480 g/mol. The van der Waals surface area contributed by atoms with Crippen LogP contribution in [0.4, 0.5) is 5.69 Å². The maximum absolute atomic E-state index is 13.0. The average Bonchev–Trinajstić information content (AvgIpc) is 3.24. The summed E-state index contributed by atoms with van der Waals surface area (Å²) in [6.07, 6.45) is 2.25. The van der Waals surface area contributed by atoms with Crippen LogP contribution in [0, 0.1) is 6.92 Å². The molecule has 0 aliphatic heterocycles. The van der Waals surface area contributed by atoms with Gasteiger partial charge in [0.15, 0.2) is 5.76 Å². The Kier molecular flexibility index (Phi) is 6.42. The second-order valence-corrected chi connectivity index (χ2v) is 9.46. The van der Waals surface area contributed by atoms with E-state index in [0.717, 1.165) is 51.9 Å². The van der Waals surface area contributed by atoms with Gasteiger partial charge in [0.2, 0.25) is 0 Å². The van der Waals surface area contributed by atoms with Gasteiger partial charge in [-0.1, -0.05) is 62.4 Å². The van der Waals surface area contributed by atoms with Crippen molar-refractivity contribution >= 4 is 34.0 Å². The third-order valence-corrected chi connectivity index (χ3v) is 6.69. The number of hydrogen-bond donors (Lipinski definition) is 2. The van der Waals surface area contributed by atoms with Gasteiger partial charge in [-0.05, 0) is 60.2 Å². The molecular formula is C30H29N3O3. The summed E-state index contributed by atoms with van der Waals surface area (Å²) in [4.78, 5) is 26.0. The minimum atomic E-state index is -0.293. The molecule has 4 aromatic rings. The molecule has 5 rings (SSSR count). The first kappa shape index (κ1) is 23.5. The van der Waals surface area contributed by atoms with Crippen molar-refractivity contribution in [3.63, 3.8) is 0 Å². The molecule has 0 spiro atoms. The van der Waals surface area contributed by atoms with Crippen LogP contribution in [-0.2, 0) is 6.42 Å². The monoisotopic (exact) mass is 479 g/mol. The molecule has 6 nitrogen and oxygen atoms in total. The summed E-state index contributed by atoms with van der Waals surface area (Å²) < 4.78 is 6.01. The smallest absolute Gasteiger partial charge is 0.291 e. The molecule has 3 aromatic carbocycles. The lowest BCUT2D eigenvalue weighted by Crippen LogP contribution is -2.22. The van der Waals surface area contributed by atoms with Crippen molar-refractivity contribution in [3.8, 4) is 0 Å². The van der Waals surface area contributed by atoms with Gasteiger partial charge in [0, 0.05) is 28.8 Å². The third kappa shape index (κ3) is 4.54. The third-order valence-electron chi connectivity index (χ3n) is 6.69. The van der Waals surface area contributed by atoms with Gasteiger partial charge >= 0.3 is 0 Å². The highest BCUT2D eigenvalue weighted by molar-refractivity contribution is 6.11. The lowest BCUT2D eigenvalue weighted by atomic mass is 9.93. The van der Waals surface area contributed by atoms with Gasteiger partial charge in [0.25, 0.3) is 11.8 Å². The van der Waals surface area contributed by atoms with Crippen molar-refractivity contribution in [2.75, 3.05) is 5.32 Å². The number of carbonyl (C=O) groups is 2. The van der Waals surface area contributed by atoms with Crippen LogP contribution in [0.2, 0.25) is 0 Å². The molecule has 2 amide bonds. The number of hydrogen-bond acceptors (Lipinski definition) is 4. The fourth-order valence-electron chi connectivity index (χ4n) is 4.74. The zero-order valence-corrected chi connectivity index (χ0v) is 20.7. The highest BCUT2D eigenvalue weighted by atomic mass is 16.4. The summed E-state index contributed by atoms with van der Waals surface area (Å²) in [5.74, 6) is 0.876. The Bertz CT molecular complexity index is 1470. The van der Waals surface area contributed by atoms with Crippen LogP contribution in [0.15, 0.2) is 76.2 Å². The maximum atomic E-state index is 13.0. The molecule has 1 aliphatic carbocycles. The Morgan fingerprint density at radius 1 is 0.917 bits per heavy atom. The summed E-state index contributed by atoms with van der Waals surface area (Å²) in [7, 11) is 0. The first-order chi connectivity index (χ1) is 17.4. The molecule has 6 heteroatoms. The SMILES string of the molecule is Cc1c(C(=O)Nc2ccc(C(C)C)cc2)oc2c1/C(=N/NC(=O)c1cccc3ccccc13)CCC2. The van der Waals surface area contributed by atoms with Crippen LogP contribution < -0.4 is 10.7 Å². The molecule has 0 saturated heterocycles. The molecule has 1 aliphatic rings.